The molecule has 0 aliphatic heterocycles. The largest absolute Gasteiger partial charge is 0.309 e. The Morgan fingerprint density at radius 3 is 2.73 bits per heavy atom. The lowest BCUT2D eigenvalue weighted by Gasteiger charge is -2.03. The van der Waals surface area contributed by atoms with E-state index in [1.165, 1.54) is 33.5 Å². The number of nitrogens with zero attached hydrogens (tertiary/aromatic N) is 4. The third-order valence-electron chi connectivity index (χ3n) is 4.58. The van der Waals surface area contributed by atoms with Gasteiger partial charge in [0.15, 0.2) is 10.3 Å². The van der Waals surface area contributed by atoms with Crippen LogP contribution in [0.15, 0.2) is 52.3 Å². The summed E-state index contributed by atoms with van der Waals surface area (Å²) in [4.78, 5) is 18.1. The number of nitrogens with one attached hydrogen (secondary N) is 1. The molecule has 0 radical (unpaired) electrons. The van der Waals surface area contributed by atoms with E-state index >= 15 is 0 Å². The van der Waals surface area contributed by atoms with Crippen LogP contribution in [0.4, 0.5) is 5.13 Å². The van der Waals surface area contributed by atoms with Gasteiger partial charge in [0.2, 0.25) is 5.91 Å². The van der Waals surface area contributed by atoms with E-state index in [0.29, 0.717) is 5.13 Å². The molecule has 154 valence electrons. The lowest BCUT2D eigenvalue weighted by molar-refractivity contribution is -0.113. The summed E-state index contributed by atoms with van der Waals surface area (Å²) in [5, 5.41) is 16.7. The standard InChI is InChI=1S/C21H21N5OS3/c1-3-14-6-8-15(9-7-14)17-12-29-20(22-17)23-19(27)13-30-21-25-24-18(26(21)2)11-16-5-4-10-28-16/h4-10,12H,3,11,13H2,1-2H3,(H,22,23,27). The Labute approximate surface area is 187 Å². The van der Waals surface area contributed by atoms with Gasteiger partial charge in [0, 0.05) is 29.3 Å². The Bertz CT molecular complexity index is 1120. The van der Waals surface area contributed by atoms with Crippen LogP contribution < -0.4 is 5.32 Å². The lowest BCUT2D eigenvalue weighted by Crippen LogP contribution is -2.14. The van der Waals surface area contributed by atoms with Crippen LogP contribution in [-0.4, -0.2) is 31.4 Å². The van der Waals surface area contributed by atoms with Gasteiger partial charge < -0.3 is 9.88 Å². The Balaban J connectivity index is 1.32. The molecule has 0 bridgehead atoms. The molecule has 0 saturated carbocycles. The molecule has 0 spiro atoms. The number of aryl methyl sites for hydroxylation is 1. The van der Waals surface area contributed by atoms with E-state index in [4.69, 9.17) is 0 Å². The van der Waals surface area contributed by atoms with Gasteiger partial charge in [-0.15, -0.1) is 32.9 Å². The molecule has 4 aromatic rings. The number of thioether (sulfide) groups is 1. The van der Waals surface area contributed by atoms with Crippen LogP contribution in [0.3, 0.4) is 0 Å². The molecular weight excluding hydrogens is 434 g/mol. The fourth-order valence-electron chi connectivity index (χ4n) is 2.85. The van der Waals surface area contributed by atoms with Gasteiger partial charge in [0.1, 0.15) is 5.82 Å². The third-order valence-corrected chi connectivity index (χ3v) is 7.23. The number of thiazole rings is 1. The summed E-state index contributed by atoms with van der Waals surface area (Å²) < 4.78 is 1.94. The zero-order chi connectivity index (χ0) is 20.9. The number of anilines is 1. The number of hydrogen-bond donors (Lipinski definition) is 1. The van der Waals surface area contributed by atoms with Crippen molar-refractivity contribution < 1.29 is 4.79 Å². The fraction of sp³-hybridized carbons (Fsp3) is 0.238. The van der Waals surface area contributed by atoms with Crippen LogP contribution in [0.1, 0.15) is 23.2 Å². The minimum absolute atomic E-state index is 0.106. The number of carbonyl (C=O) groups is 1. The van der Waals surface area contributed by atoms with E-state index in [0.717, 1.165) is 35.1 Å². The van der Waals surface area contributed by atoms with Crippen LogP contribution in [0.25, 0.3) is 11.3 Å². The van der Waals surface area contributed by atoms with Crippen LogP contribution >= 0.6 is 34.4 Å². The first kappa shape index (κ1) is 20.8. The quantitative estimate of drug-likeness (QED) is 0.383. The van der Waals surface area contributed by atoms with Crippen molar-refractivity contribution in [2.45, 2.75) is 24.9 Å². The van der Waals surface area contributed by atoms with Crippen LogP contribution in [0.5, 0.6) is 0 Å². The van der Waals surface area contributed by atoms with Gasteiger partial charge in [-0.3, -0.25) is 4.79 Å². The van der Waals surface area contributed by atoms with Crippen LogP contribution in [0.2, 0.25) is 0 Å². The molecule has 0 saturated heterocycles. The monoisotopic (exact) mass is 455 g/mol. The van der Waals surface area contributed by atoms with E-state index in [-0.39, 0.29) is 11.7 Å². The summed E-state index contributed by atoms with van der Waals surface area (Å²) in [6.45, 7) is 2.13. The van der Waals surface area contributed by atoms with Crippen molar-refractivity contribution in [2.75, 3.05) is 11.1 Å². The zero-order valence-electron chi connectivity index (χ0n) is 16.7. The van der Waals surface area contributed by atoms with Crippen LogP contribution in [-0.2, 0) is 24.7 Å². The van der Waals surface area contributed by atoms with Gasteiger partial charge in [0.05, 0.1) is 11.4 Å². The van der Waals surface area contributed by atoms with E-state index in [1.54, 1.807) is 11.3 Å². The van der Waals surface area contributed by atoms with E-state index in [2.05, 4.69) is 63.1 Å². The van der Waals surface area contributed by atoms with Gasteiger partial charge in [-0.1, -0.05) is 49.0 Å². The number of hydrogen-bond acceptors (Lipinski definition) is 7. The molecule has 4 rings (SSSR count). The zero-order valence-corrected chi connectivity index (χ0v) is 19.1. The van der Waals surface area contributed by atoms with Crippen molar-refractivity contribution in [3.63, 3.8) is 0 Å². The molecule has 9 heteroatoms. The van der Waals surface area contributed by atoms with Gasteiger partial charge in [0.25, 0.3) is 0 Å². The molecule has 0 atom stereocenters. The summed E-state index contributed by atoms with van der Waals surface area (Å²) in [5.41, 5.74) is 3.22. The van der Waals surface area contributed by atoms with Gasteiger partial charge in [-0.25, -0.2) is 4.98 Å². The van der Waals surface area contributed by atoms with Gasteiger partial charge in [-0.05, 0) is 23.4 Å². The second-order valence-corrected chi connectivity index (χ2v) is 9.47. The summed E-state index contributed by atoms with van der Waals surface area (Å²) in [5.74, 6) is 1.04. The second-order valence-electron chi connectivity index (χ2n) is 6.64. The molecule has 3 heterocycles. The highest BCUT2D eigenvalue weighted by molar-refractivity contribution is 7.99. The average Bonchev–Trinajstić information content (AvgIpc) is 3.51. The highest BCUT2D eigenvalue weighted by atomic mass is 32.2. The average molecular weight is 456 g/mol. The predicted octanol–water partition coefficient (Wildman–Crippen LogP) is 4.88. The second kappa shape index (κ2) is 9.55. The number of carbonyl (C=O) groups excluding carboxylic acids is 1. The number of aromatic nitrogens is 4. The molecule has 1 N–H and O–H groups in total. The first-order valence-electron chi connectivity index (χ1n) is 9.50. The highest BCUT2D eigenvalue weighted by Gasteiger charge is 2.13. The normalized spacial score (nSPS) is 11.0. The van der Waals surface area contributed by atoms with Crippen molar-refractivity contribution in [1.29, 1.82) is 0 Å². The number of benzene rings is 1. The molecule has 3 aromatic heterocycles. The van der Waals surface area contributed by atoms with Crippen LogP contribution in [0, 0.1) is 0 Å². The molecule has 0 fully saturated rings. The van der Waals surface area contributed by atoms with E-state index < -0.39 is 0 Å². The summed E-state index contributed by atoms with van der Waals surface area (Å²) in [7, 11) is 1.93. The molecule has 1 aromatic carbocycles. The first-order valence-corrected chi connectivity index (χ1v) is 12.2. The minimum atomic E-state index is -0.106. The van der Waals surface area contributed by atoms with Crippen molar-refractivity contribution in [3.05, 3.63) is 63.4 Å². The summed E-state index contributed by atoms with van der Waals surface area (Å²) in [6, 6.07) is 12.5. The fourth-order valence-corrected chi connectivity index (χ4v) is 5.02. The lowest BCUT2D eigenvalue weighted by atomic mass is 10.1. The van der Waals surface area contributed by atoms with Gasteiger partial charge in [-0.2, -0.15) is 0 Å². The molecular formula is C21H21N5OS3. The molecule has 0 aliphatic carbocycles. The number of thiophene rings is 1. The Hall–Kier alpha value is -2.49. The van der Waals surface area contributed by atoms with Crippen molar-refractivity contribution in [3.8, 4) is 11.3 Å². The Kier molecular flexibility index (Phi) is 6.61. The molecule has 6 nitrogen and oxygen atoms in total. The van der Waals surface area contributed by atoms with Gasteiger partial charge >= 0.3 is 0 Å². The summed E-state index contributed by atoms with van der Waals surface area (Å²) in [6.07, 6.45) is 1.76. The maximum absolute atomic E-state index is 12.4. The molecule has 1 amide bonds. The first-order chi connectivity index (χ1) is 14.6. The smallest absolute Gasteiger partial charge is 0.236 e. The minimum Gasteiger partial charge on any atom is -0.309 e. The Morgan fingerprint density at radius 2 is 2.00 bits per heavy atom. The number of amides is 1. The molecule has 0 aliphatic rings. The van der Waals surface area contributed by atoms with Crippen molar-refractivity contribution in [2.24, 2.45) is 7.05 Å². The number of rotatable bonds is 8. The topological polar surface area (TPSA) is 72.7 Å². The maximum Gasteiger partial charge on any atom is 0.236 e. The van der Waals surface area contributed by atoms with Crippen molar-refractivity contribution in [1.82, 2.24) is 19.7 Å². The van der Waals surface area contributed by atoms with E-state index in [1.807, 2.05) is 23.1 Å². The third kappa shape index (κ3) is 4.97. The SMILES string of the molecule is CCc1ccc(-c2csc(NC(=O)CSc3nnc(Cc4cccs4)n3C)n2)cc1. The maximum atomic E-state index is 12.4. The Morgan fingerprint density at radius 1 is 1.17 bits per heavy atom. The molecule has 30 heavy (non-hydrogen) atoms. The molecule has 0 unspecified atom stereocenters. The predicted molar refractivity (Wildman–Crippen MR) is 124 cm³/mol. The summed E-state index contributed by atoms with van der Waals surface area (Å²) >= 11 is 4.50. The van der Waals surface area contributed by atoms with Crippen molar-refractivity contribution >= 4 is 45.5 Å². The highest BCUT2D eigenvalue weighted by Crippen LogP contribution is 2.26. The van der Waals surface area contributed by atoms with E-state index in [9.17, 15) is 4.79 Å².